The molecule has 1 aliphatic heterocycles. The van der Waals surface area contributed by atoms with Crippen LogP contribution in [0.4, 0.5) is 11.4 Å². The molecule has 1 fully saturated rings. The highest BCUT2D eigenvalue weighted by atomic mass is 16.5. The van der Waals surface area contributed by atoms with E-state index < -0.39 is 0 Å². The number of benzene rings is 2. The fraction of sp³-hybridized carbons (Fsp3) is 0.300. The van der Waals surface area contributed by atoms with Gasteiger partial charge in [0.2, 0.25) is 5.91 Å². The van der Waals surface area contributed by atoms with E-state index in [1.54, 1.807) is 24.1 Å². The molecule has 5 nitrogen and oxygen atoms in total. The molecule has 25 heavy (non-hydrogen) atoms. The lowest BCUT2D eigenvalue weighted by molar-refractivity contribution is -0.117. The zero-order chi connectivity index (χ0) is 18.0. The number of amides is 2. The highest BCUT2D eigenvalue weighted by Crippen LogP contribution is 2.34. The van der Waals surface area contributed by atoms with E-state index in [4.69, 9.17) is 4.74 Å². The predicted molar refractivity (Wildman–Crippen MR) is 98.5 cm³/mol. The molecule has 0 radical (unpaired) electrons. The number of nitrogens with zero attached hydrogens (tertiary/aromatic N) is 1. The number of methoxy groups -OCH3 is 1. The van der Waals surface area contributed by atoms with Gasteiger partial charge in [-0.1, -0.05) is 12.1 Å². The first-order valence-electron chi connectivity index (χ1n) is 8.37. The minimum atomic E-state index is -0.159. The maximum atomic E-state index is 12.6. The van der Waals surface area contributed by atoms with Gasteiger partial charge in [0.15, 0.2) is 0 Å². The smallest absolute Gasteiger partial charge is 0.255 e. The summed E-state index contributed by atoms with van der Waals surface area (Å²) in [4.78, 5) is 26.3. The molecule has 0 saturated carbocycles. The topological polar surface area (TPSA) is 58.6 Å². The number of anilines is 2. The van der Waals surface area contributed by atoms with Crippen LogP contribution in [0.15, 0.2) is 36.4 Å². The van der Waals surface area contributed by atoms with Crippen LogP contribution in [-0.2, 0) is 4.79 Å². The summed E-state index contributed by atoms with van der Waals surface area (Å²) in [5, 5.41) is 2.91. The van der Waals surface area contributed by atoms with Crippen LogP contribution < -0.4 is 15.0 Å². The van der Waals surface area contributed by atoms with Gasteiger partial charge < -0.3 is 15.0 Å². The average Bonchev–Trinajstić information content (AvgIpc) is 3.03. The van der Waals surface area contributed by atoms with E-state index in [0.717, 1.165) is 23.2 Å². The summed E-state index contributed by atoms with van der Waals surface area (Å²) < 4.78 is 5.43. The van der Waals surface area contributed by atoms with E-state index in [0.29, 0.717) is 30.0 Å². The Morgan fingerprint density at radius 1 is 1.20 bits per heavy atom. The average molecular weight is 338 g/mol. The Kier molecular flexibility index (Phi) is 4.74. The minimum absolute atomic E-state index is 0.102. The largest absolute Gasteiger partial charge is 0.494 e. The van der Waals surface area contributed by atoms with Gasteiger partial charge in [0.25, 0.3) is 5.91 Å². The molecule has 1 saturated heterocycles. The molecule has 1 N–H and O–H groups in total. The van der Waals surface area contributed by atoms with E-state index in [2.05, 4.69) is 5.32 Å². The third-order valence-corrected chi connectivity index (χ3v) is 4.65. The van der Waals surface area contributed by atoms with E-state index in [1.165, 1.54) is 0 Å². The first kappa shape index (κ1) is 17.0. The summed E-state index contributed by atoms with van der Waals surface area (Å²) in [5.74, 6) is 0.521. The fourth-order valence-corrected chi connectivity index (χ4v) is 3.08. The SMILES string of the molecule is COc1cc(NC(=O)c2cccc(C)c2C)ccc1N1CCCC1=O. The van der Waals surface area contributed by atoms with Gasteiger partial charge >= 0.3 is 0 Å². The Balaban J connectivity index is 1.85. The lowest BCUT2D eigenvalue weighted by atomic mass is 10.0. The van der Waals surface area contributed by atoms with Crippen LogP contribution in [0, 0.1) is 13.8 Å². The van der Waals surface area contributed by atoms with Gasteiger partial charge in [0, 0.05) is 30.3 Å². The number of nitrogens with one attached hydrogen (secondary N) is 1. The van der Waals surface area contributed by atoms with Crippen LogP contribution in [0.25, 0.3) is 0 Å². The van der Waals surface area contributed by atoms with Gasteiger partial charge in [-0.05, 0) is 49.6 Å². The molecule has 0 unspecified atom stereocenters. The highest BCUT2D eigenvalue weighted by Gasteiger charge is 2.24. The number of hydrogen-bond donors (Lipinski definition) is 1. The third-order valence-electron chi connectivity index (χ3n) is 4.65. The quantitative estimate of drug-likeness (QED) is 0.925. The molecule has 2 aromatic rings. The Hall–Kier alpha value is -2.82. The van der Waals surface area contributed by atoms with Gasteiger partial charge in [0.1, 0.15) is 5.75 Å². The number of carbonyl (C=O) groups excluding carboxylic acids is 2. The number of aryl methyl sites for hydroxylation is 1. The lowest BCUT2D eigenvalue weighted by Gasteiger charge is -2.20. The van der Waals surface area contributed by atoms with Crippen molar-refractivity contribution >= 4 is 23.2 Å². The van der Waals surface area contributed by atoms with Crippen LogP contribution in [-0.4, -0.2) is 25.5 Å². The van der Waals surface area contributed by atoms with E-state index >= 15 is 0 Å². The van der Waals surface area contributed by atoms with Crippen LogP contribution in [0.2, 0.25) is 0 Å². The van der Waals surface area contributed by atoms with Crippen molar-refractivity contribution in [1.29, 1.82) is 0 Å². The molecule has 0 bridgehead atoms. The molecule has 0 aliphatic carbocycles. The number of rotatable bonds is 4. The second-order valence-corrected chi connectivity index (χ2v) is 6.24. The van der Waals surface area contributed by atoms with E-state index in [-0.39, 0.29) is 11.8 Å². The molecule has 3 rings (SSSR count). The van der Waals surface area contributed by atoms with Gasteiger partial charge in [0.05, 0.1) is 12.8 Å². The summed E-state index contributed by atoms with van der Waals surface area (Å²) >= 11 is 0. The van der Waals surface area contributed by atoms with Crippen molar-refractivity contribution in [3.8, 4) is 5.75 Å². The van der Waals surface area contributed by atoms with Gasteiger partial charge in [-0.3, -0.25) is 9.59 Å². The summed E-state index contributed by atoms with van der Waals surface area (Å²) in [7, 11) is 1.57. The molecule has 0 spiro atoms. The van der Waals surface area contributed by atoms with E-state index in [9.17, 15) is 9.59 Å². The molecule has 5 heteroatoms. The van der Waals surface area contributed by atoms with Crippen molar-refractivity contribution in [1.82, 2.24) is 0 Å². The Bertz CT molecular complexity index is 830. The van der Waals surface area contributed by atoms with Crippen LogP contribution in [0.3, 0.4) is 0 Å². The van der Waals surface area contributed by atoms with Gasteiger partial charge in [-0.25, -0.2) is 0 Å². The monoisotopic (exact) mass is 338 g/mol. The Labute approximate surface area is 147 Å². The summed E-state index contributed by atoms with van der Waals surface area (Å²) in [6.45, 7) is 4.62. The molecule has 130 valence electrons. The van der Waals surface area contributed by atoms with Crippen molar-refractivity contribution in [3.05, 3.63) is 53.1 Å². The van der Waals surface area contributed by atoms with Crippen molar-refractivity contribution in [2.24, 2.45) is 0 Å². The molecule has 2 amide bonds. The normalized spacial score (nSPS) is 13.9. The fourth-order valence-electron chi connectivity index (χ4n) is 3.08. The summed E-state index contributed by atoms with van der Waals surface area (Å²) in [5.41, 5.74) is 4.07. The van der Waals surface area contributed by atoms with Crippen molar-refractivity contribution < 1.29 is 14.3 Å². The maximum Gasteiger partial charge on any atom is 0.255 e. The first-order valence-corrected chi connectivity index (χ1v) is 8.37. The summed E-state index contributed by atoms with van der Waals surface area (Å²) in [6, 6.07) is 11.0. The molecule has 1 heterocycles. The number of ether oxygens (including phenoxy) is 1. The van der Waals surface area contributed by atoms with Crippen LogP contribution >= 0.6 is 0 Å². The predicted octanol–water partition coefficient (Wildman–Crippen LogP) is 3.69. The third kappa shape index (κ3) is 3.36. The minimum Gasteiger partial charge on any atom is -0.494 e. The standard InChI is InChI=1S/C20H22N2O3/c1-13-6-4-7-16(14(13)2)20(24)21-15-9-10-17(18(12-15)25-3)22-11-5-8-19(22)23/h4,6-7,9-10,12H,5,8,11H2,1-3H3,(H,21,24). The molecule has 0 aromatic heterocycles. The molecule has 0 atom stereocenters. The zero-order valence-corrected chi connectivity index (χ0v) is 14.8. The van der Waals surface area contributed by atoms with Crippen molar-refractivity contribution in [2.45, 2.75) is 26.7 Å². The van der Waals surface area contributed by atoms with Crippen LogP contribution in [0.1, 0.15) is 34.3 Å². The number of carbonyl (C=O) groups is 2. The van der Waals surface area contributed by atoms with Crippen molar-refractivity contribution in [2.75, 3.05) is 23.9 Å². The summed E-state index contributed by atoms with van der Waals surface area (Å²) in [6.07, 6.45) is 1.42. The zero-order valence-electron chi connectivity index (χ0n) is 14.8. The lowest BCUT2D eigenvalue weighted by Crippen LogP contribution is -2.24. The van der Waals surface area contributed by atoms with Gasteiger partial charge in [-0.15, -0.1) is 0 Å². The molecular formula is C20H22N2O3. The second-order valence-electron chi connectivity index (χ2n) is 6.24. The molecular weight excluding hydrogens is 316 g/mol. The van der Waals surface area contributed by atoms with Crippen molar-refractivity contribution in [3.63, 3.8) is 0 Å². The molecule has 1 aliphatic rings. The molecule has 2 aromatic carbocycles. The Morgan fingerprint density at radius 3 is 2.68 bits per heavy atom. The maximum absolute atomic E-state index is 12.6. The van der Waals surface area contributed by atoms with Crippen LogP contribution in [0.5, 0.6) is 5.75 Å². The van der Waals surface area contributed by atoms with Gasteiger partial charge in [-0.2, -0.15) is 0 Å². The number of hydrogen-bond acceptors (Lipinski definition) is 3. The van der Waals surface area contributed by atoms with E-state index in [1.807, 2.05) is 38.1 Å². The first-order chi connectivity index (χ1) is 12.0. The Morgan fingerprint density at radius 2 is 2.00 bits per heavy atom. The second kappa shape index (κ2) is 6.97. The highest BCUT2D eigenvalue weighted by molar-refractivity contribution is 6.06.